The van der Waals surface area contributed by atoms with Gasteiger partial charge >= 0.3 is 0 Å². The van der Waals surface area contributed by atoms with E-state index in [1.807, 2.05) is 158 Å². The van der Waals surface area contributed by atoms with Gasteiger partial charge in [0.15, 0.2) is 9.84 Å². The molecule has 0 saturated carbocycles. The van der Waals surface area contributed by atoms with Crippen LogP contribution in [0.25, 0.3) is 56.3 Å². The van der Waals surface area contributed by atoms with Gasteiger partial charge in [-0.05, 0) is 298 Å². The SMILES string of the molecule is CNS(=O)(=O)c1ccc(CCCNc2cc(-c3cccc(C)c3C)nc(N)n2)nc1.Cc1c(Cl)cccc1-c1cc(CCCc2ccc(C(=O)N3CCOCC3)cc2)nc(N)n1.Cc1c(Cl)cccc1-c1cc(CCCc2ccc(S(C)(=O)=O)cc2)nc(N)n1.Cc1cccc(-c2cc(CCCCCc3ccc(S(N)(=O)=O)cn3)nc(N)n2)c1C.Cc1cccc(-c2cc(NCCCc3cccnc3)nc(N)n2)c1C. The first-order valence-electron chi connectivity index (χ1n) is 47.8. The summed E-state index contributed by atoms with van der Waals surface area (Å²) in [6.45, 7) is 20.4. The van der Waals surface area contributed by atoms with E-state index in [1.54, 1.807) is 36.5 Å². The Bertz CT molecular complexity index is 7310. The number of anilines is 7. The molecule has 31 nitrogen and oxygen atoms in total. The maximum Gasteiger partial charge on any atom is 0.254 e. The number of sulfone groups is 1. The van der Waals surface area contributed by atoms with Crippen molar-refractivity contribution in [1.29, 1.82) is 0 Å². The summed E-state index contributed by atoms with van der Waals surface area (Å²) in [5, 5.41) is 13.1. The second kappa shape index (κ2) is 52.3. The molecule has 1 amide bonds. The Morgan fingerprint density at radius 1 is 0.372 bits per heavy atom. The monoisotopic (exact) mass is 2050 g/mol. The number of hydrogen-bond donors (Lipinski definition) is 9. The Labute approximate surface area is 859 Å². The number of aromatic nitrogens is 13. The number of nitrogens with one attached hydrogen (secondary N) is 3. The van der Waals surface area contributed by atoms with Gasteiger partial charge in [0, 0.05) is 141 Å². The number of rotatable bonds is 34. The van der Waals surface area contributed by atoms with E-state index in [9.17, 15) is 30.0 Å². The van der Waals surface area contributed by atoms with E-state index in [4.69, 9.17) is 61.7 Å². The molecule has 9 heterocycles. The van der Waals surface area contributed by atoms with Crippen molar-refractivity contribution in [2.45, 2.75) is 166 Å². The number of aryl methyl sites for hydroxylation is 11. The van der Waals surface area contributed by atoms with Crippen molar-refractivity contribution in [3.05, 3.63) is 336 Å². The van der Waals surface area contributed by atoms with Crippen LogP contribution < -0.4 is 49.2 Å². The number of nitrogens with zero attached hydrogens (tertiary/aromatic N) is 14. The van der Waals surface area contributed by atoms with Crippen molar-refractivity contribution in [3.63, 3.8) is 0 Å². The predicted octanol–water partition coefficient (Wildman–Crippen LogP) is 18.4. The minimum Gasteiger partial charge on any atom is -0.378 e. The van der Waals surface area contributed by atoms with Crippen LogP contribution in [0, 0.1) is 55.4 Å². The summed E-state index contributed by atoms with van der Waals surface area (Å²) >= 11 is 12.5. The standard InChI is InChI=1S/C25H27ClN4O2.C22H27N5O2S.C21H22ClN3O2S.C21H26N6O2S.C20H23N5/c1-17-21(6-3-7-22(17)26)23-16-20(28-25(27)29-23)5-2-4-18-8-10-19(11-9-18)24(31)30-12-14-32-15-13-30;1-15-7-6-10-20(16(15)2)21-13-18(26-22(23)27-21)9-5-3-4-8-17-11-12-19(14-25-17)30(24,28)29;1-14-18(7-4-8-19(14)22)20-13-16(24-21(23)25-20)6-3-5-15-9-11-17(12-10-15)28(2,26)27;1-14-6-4-8-18(15(14)2)19-12-20(27-21(22)26-19)24-11-5-7-16-9-10-17(13-25-16)30(28,29)23-3;1-14-6-3-9-17(15(14)2)18-12-19(25-20(21)24-18)23-11-5-8-16-7-4-10-22-13-16/h3,6-11,16H,2,4-5,12-15H2,1H3,(H2,27,28,29);6-7,10-14H,3-5,8-9H2,1-2H3,(H2,23,26,27)(H2,24,28,29);4,7-13H,3,5-6H2,1-2H3,(H2,23,24,25);4,6,8-10,12-13,23H,5,7,11H2,1-3H3,(H3,22,24,26,27);3-4,6-7,9-10,12-13H,5,8,11H2,1-2H3,(H3,21,23,24,25). The average Bonchev–Trinajstić information content (AvgIpc) is 0.825. The van der Waals surface area contributed by atoms with E-state index in [0.29, 0.717) is 66.0 Å². The maximum atomic E-state index is 12.6. The number of morpholine rings is 1. The summed E-state index contributed by atoms with van der Waals surface area (Å²) in [6, 6.07) is 65.2. The van der Waals surface area contributed by atoms with E-state index in [-0.39, 0.29) is 39.5 Å². The van der Waals surface area contributed by atoms with Gasteiger partial charge in [-0.2, -0.15) is 9.97 Å². The van der Waals surface area contributed by atoms with Gasteiger partial charge in [0.1, 0.15) is 21.4 Å². The Kier molecular flexibility index (Phi) is 39.5. The fourth-order valence-corrected chi connectivity index (χ4v) is 18.2. The molecule has 0 aliphatic carbocycles. The van der Waals surface area contributed by atoms with Gasteiger partial charge in [-0.1, -0.05) is 139 Å². The van der Waals surface area contributed by atoms with E-state index >= 15 is 0 Å². The molecule has 0 radical (unpaired) electrons. The lowest BCUT2D eigenvalue weighted by atomic mass is 10.00. The third kappa shape index (κ3) is 32.6. The molecule has 36 heteroatoms. The molecule has 1 aliphatic heterocycles. The summed E-state index contributed by atoms with van der Waals surface area (Å²) in [4.78, 5) is 71.1. The van der Waals surface area contributed by atoms with Crippen molar-refractivity contribution in [2.75, 3.05) is 92.0 Å². The summed E-state index contributed by atoms with van der Waals surface area (Å²) in [6.07, 6.45) is 20.6. The van der Waals surface area contributed by atoms with Crippen molar-refractivity contribution >= 4 is 100 Å². The number of halogens is 2. The average molecular weight is 2050 g/mol. The molecule has 0 bridgehead atoms. The first kappa shape index (κ1) is 110. The molecule has 1 fully saturated rings. The number of ether oxygens (including phenoxy) is 1. The number of benzene rings is 7. The van der Waals surface area contributed by atoms with Crippen LogP contribution in [0.4, 0.5) is 41.4 Å². The minimum absolute atomic E-state index is 0.0345. The largest absolute Gasteiger partial charge is 0.378 e. The van der Waals surface area contributed by atoms with Crippen molar-refractivity contribution in [1.82, 2.24) is 74.4 Å². The number of carbonyl (C=O) groups is 1. The van der Waals surface area contributed by atoms with E-state index in [0.717, 1.165) is 215 Å². The maximum absolute atomic E-state index is 12.6. The molecule has 0 unspecified atom stereocenters. The molecule has 15 aromatic rings. The fourth-order valence-electron chi connectivity index (χ4n) is 16.1. The molecule has 7 aromatic carbocycles. The molecule has 145 heavy (non-hydrogen) atoms. The van der Waals surface area contributed by atoms with Crippen LogP contribution in [0.2, 0.25) is 10.0 Å². The van der Waals surface area contributed by atoms with Crippen LogP contribution in [0.1, 0.15) is 145 Å². The molecule has 8 aromatic heterocycles. The smallest absolute Gasteiger partial charge is 0.254 e. The van der Waals surface area contributed by atoms with E-state index < -0.39 is 29.9 Å². The molecular weight excluding hydrogens is 1930 g/mol. The summed E-state index contributed by atoms with van der Waals surface area (Å²) in [5.74, 6) is 2.80. The van der Waals surface area contributed by atoms with Crippen molar-refractivity contribution < 1.29 is 34.8 Å². The zero-order valence-electron chi connectivity index (χ0n) is 83.3. The topological polar surface area (TPSA) is 492 Å². The van der Waals surface area contributed by atoms with Gasteiger partial charge < -0.3 is 48.9 Å². The van der Waals surface area contributed by atoms with Gasteiger partial charge in [0.05, 0.1) is 46.6 Å². The third-order valence-corrected chi connectivity index (χ3v) is 29.0. The zero-order valence-corrected chi connectivity index (χ0v) is 87.2. The van der Waals surface area contributed by atoms with Gasteiger partial charge in [0.2, 0.25) is 49.8 Å². The van der Waals surface area contributed by atoms with Gasteiger partial charge in [-0.25, -0.2) is 75.0 Å². The highest BCUT2D eigenvalue weighted by atomic mass is 35.5. The number of carbonyl (C=O) groups excluding carboxylic acids is 1. The molecule has 1 saturated heterocycles. The molecular formula is C109H125Cl2N23O8S3. The van der Waals surface area contributed by atoms with E-state index in [1.165, 1.54) is 70.7 Å². The minimum atomic E-state index is -3.70. The van der Waals surface area contributed by atoms with Crippen LogP contribution in [0.15, 0.2) is 246 Å². The Morgan fingerprint density at radius 2 is 0.738 bits per heavy atom. The number of nitrogen functional groups attached to an aromatic ring is 5. The predicted molar refractivity (Wildman–Crippen MR) is 579 cm³/mol. The summed E-state index contributed by atoms with van der Waals surface area (Å²) < 4.78 is 76.7. The van der Waals surface area contributed by atoms with Crippen LogP contribution in [-0.2, 0) is 86.0 Å². The van der Waals surface area contributed by atoms with Crippen LogP contribution >= 0.6 is 23.2 Å². The molecule has 0 spiro atoms. The third-order valence-electron chi connectivity index (χ3n) is 24.7. The molecule has 0 atom stereocenters. The number of hydrogen-bond acceptors (Lipinski definition) is 28. The number of unbranched alkanes of at least 4 members (excludes halogenated alkanes) is 2. The second-order valence-corrected chi connectivity index (χ2v) is 41.6. The Balaban J connectivity index is 0.000000162. The van der Waals surface area contributed by atoms with Gasteiger partial charge in [-0.3, -0.25) is 19.7 Å². The van der Waals surface area contributed by atoms with Crippen LogP contribution in [-0.4, -0.2) is 154 Å². The number of primary sulfonamides is 1. The molecule has 15 N–H and O–H groups in total. The number of amides is 1. The van der Waals surface area contributed by atoms with Crippen LogP contribution in [0.5, 0.6) is 0 Å². The quantitative estimate of drug-likeness (QED) is 0.0169. The zero-order chi connectivity index (χ0) is 104. The van der Waals surface area contributed by atoms with E-state index in [2.05, 4.69) is 158 Å². The highest BCUT2D eigenvalue weighted by Crippen LogP contribution is 2.34. The highest BCUT2D eigenvalue weighted by Gasteiger charge is 2.22. The number of sulfonamides is 2. The van der Waals surface area contributed by atoms with Gasteiger partial charge in [-0.15, -0.1) is 0 Å². The molecule has 1 aliphatic rings. The molecule has 756 valence electrons. The second-order valence-electron chi connectivity index (χ2n) is 35.3. The lowest BCUT2D eigenvalue weighted by Gasteiger charge is -2.26. The highest BCUT2D eigenvalue weighted by molar-refractivity contribution is 7.90. The number of nitrogens with two attached hydrogens (primary N) is 6. The fraction of sp³-hybridized carbons (Fsp3) is 0.284. The van der Waals surface area contributed by atoms with Crippen molar-refractivity contribution in [3.8, 4) is 56.3 Å². The summed E-state index contributed by atoms with van der Waals surface area (Å²) in [5.41, 5.74) is 56.6. The Hall–Kier alpha value is -14.2. The van der Waals surface area contributed by atoms with Gasteiger partial charge in [0.25, 0.3) is 5.91 Å². The normalized spacial score (nSPS) is 11.9. The number of pyridine rings is 3. The van der Waals surface area contributed by atoms with Crippen LogP contribution in [0.3, 0.4) is 0 Å². The summed E-state index contributed by atoms with van der Waals surface area (Å²) in [7, 11) is -8.95. The first-order valence-corrected chi connectivity index (χ1v) is 53.5. The first-order chi connectivity index (χ1) is 69.4. The van der Waals surface area contributed by atoms with Crippen molar-refractivity contribution in [2.24, 2.45) is 5.14 Å². The molecule has 16 rings (SSSR count). The lowest BCUT2D eigenvalue weighted by molar-refractivity contribution is 0.0303. The Morgan fingerprint density at radius 3 is 1.14 bits per heavy atom. The lowest BCUT2D eigenvalue weighted by Crippen LogP contribution is -2.40.